The van der Waals surface area contributed by atoms with Crippen molar-refractivity contribution in [3.8, 4) is 0 Å². The first-order chi connectivity index (χ1) is 9.20. The second-order valence-corrected chi connectivity index (χ2v) is 6.13. The molecular formula is C17H28N2. The predicted octanol–water partition coefficient (Wildman–Crippen LogP) is 3.42. The van der Waals surface area contributed by atoms with Crippen molar-refractivity contribution in [2.75, 3.05) is 14.1 Å². The molecule has 2 heteroatoms. The minimum absolute atomic E-state index is 0.777. The SMILES string of the molecule is CNCc1ccccc1CN(C)C1CCC(C)CC1. The maximum atomic E-state index is 3.26. The third kappa shape index (κ3) is 4.05. The van der Waals surface area contributed by atoms with Crippen molar-refractivity contribution in [1.82, 2.24) is 10.2 Å². The molecule has 0 radical (unpaired) electrons. The molecule has 0 aliphatic heterocycles. The van der Waals surface area contributed by atoms with Gasteiger partial charge in [-0.05, 0) is 56.8 Å². The highest BCUT2D eigenvalue weighted by molar-refractivity contribution is 5.27. The molecule has 0 atom stereocenters. The Labute approximate surface area is 118 Å². The molecule has 106 valence electrons. The lowest BCUT2D eigenvalue weighted by Gasteiger charge is -2.34. The van der Waals surface area contributed by atoms with Gasteiger partial charge in [0.1, 0.15) is 0 Å². The van der Waals surface area contributed by atoms with E-state index >= 15 is 0 Å². The molecule has 2 nitrogen and oxygen atoms in total. The van der Waals surface area contributed by atoms with Gasteiger partial charge in [-0.15, -0.1) is 0 Å². The predicted molar refractivity (Wildman–Crippen MR) is 82.1 cm³/mol. The zero-order valence-corrected chi connectivity index (χ0v) is 12.7. The normalized spacial score (nSPS) is 23.8. The summed E-state index contributed by atoms with van der Waals surface area (Å²) >= 11 is 0. The van der Waals surface area contributed by atoms with Crippen molar-refractivity contribution in [2.45, 2.75) is 51.7 Å². The Morgan fingerprint density at radius 2 is 1.74 bits per heavy atom. The summed E-state index contributed by atoms with van der Waals surface area (Å²) in [6.07, 6.45) is 5.53. The van der Waals surface area contributed by atoms with E-state index in [1.165, 1.54) is 36.8 Å². The summed E-state index contributed by atoms with van der Waals surface area (Å²) in [5.41, 5.74) is 2.90. The summed E-state index contributed by atoms with van der Waals surface area (Å²) in [5, 5.41) is 3.26. The van der Waals surface area contributed by atoms with Gasteiger partial charge < -0.3 is 5.32 Å². The Morgan fingerprint density at radius 3 is 2.37 bits per heavy atom. The molecule has 0 amide bonds. The molecule has 19 heavy (non-hydrogen) atoms. The Bertz CT molecular complexity index is 381. The molecule has 0 spiro atoms. The Morgan fingerprint density at radius 1 is 1.11 bits per heavy atom. The van der Waals surface area contributed by atoms with Crippen LogP contribution in [0.2, 0.25) is 0 Å². The second kappa shape index (κ2) is 7.06. The van der Waals surface area contributed by atoms with E-state index in [9.17, 15) is 0 Å². The van der Waals surface area contributed by atoms with Crippen LogP contribution >= 0.6 is 0 Å². The van der Waals surface area contributed by atoms with Gasteiger partial charge in [-0.2, -0.15) is 0 Å². The molecule has 1 aromatic rings. The van der Waals surface area contributed by atoms with Crippen molar-refractivity contribution >= 4 is 0 Å². The Balaban J connectivity index is 1.96. The monoisotopic (exact) mass is 260 g/mol. The maximum Gasteiger partial charge on any atom is 0.0236 e. The smallest absolute Gasteiger partial charge is 0.0236 e. The fourth-order valence-electron chi connectivity index (χ4n) is 3.16. The molecule has 1 saturated carbocycles. The first-order valence-electron chi connectivity index (χ1n) is 7.62. The largest absolute Gasteiger partial charge is 0.316 e. The van der Waals surface area contributed by atoms with Gasteiger partial charge in [0, 0.05) is 19.1 Å². The van der Waals surface area contributed by atoms with Crippen LogP contribution in [0.25, 0.3) is 0 Å². The van der Waals surface area contributed by atoms with E-state index in [0.29, 0.717) is 0 Å². The molecule has 0 heterocycles. The third-order valence-electron chi connectivity index (χ3n) is 4.51. The van der Waals surface area contributed by atoms with Crippen LogP contribution in [-0.2, 0) is 13.1 Å². The number of benzene rings is 1. The van der Waals surface area contributed by atoms with Crippen LogP contribution in [0.5, 0.6) is 0 Å². The highest BCUT2D eigenvalue weighted by Gasteiger charge is 2.21. The van der Waals surface area contributed by atoms with Gasteiger partial charge in [0.05, 0.1) is 0 Å². The van der Waals surface area contributed by atoms with E-state index in [-0.39, 0.29) is 0 Å². The van der Waals surface area contributed by atoms with Crippen LogP contribution in [-0.4, -0.2) is 25.0 Å². The van der Waals surface area contributed by atoms with E-state index < -0.39 is 0 Å². The van der Waals surface area contributed by atoms with E-state index in [1.807, 2.05) is 7.05 Å². The fraction of sp³-hybridized carbons (Fsp3) is 0.647. The average Bonchev–Trinajstić information content (AvgIpc) is 2.42. The highest BCUT2D eigenvalue weighted by Crippen LogP contribution is 2.27. The van der Waals surface area contributed by atoms with Crippen LogP contribution in [0, 0.1) is 5.92 Å². The molecule has 2 rings (SSSR count). The molecule has 1 aliphatic rings. The standard InChI is InChI=1S/C17H28N2/c1-14-8-10-17(11-9-14)19(3)13-16-7-5-4-6-15(16)12-18-2/h4-7,14,17-18H,8-13H2,1-3H3. The summed E-state index contributed by atoms with van der Waals surface area (Å²) in [5.74, 6) is 0.932. The second-order valence-electron chi connectivity index (χ2n) is 6.13. The maximum absolute atomic E-state index is 3.26. The fourth-order valence-corrected chi connectivity index (χ4v) is 3.16. The van der Waals surface area contributed by atoms with Gasteiger partial charge >= 0.3 is 0 Å². The van der Waals surface area contributed by atoms with Gasteiger partial charge in [0.25, 0.3) is 0 Å². The van der Waals surface area contributed by atoms with Crippen LogP contribution in [0.15, 0.2) is 24.3 Å². The van der Waals surface area contributed by atoms with Gasteiger partial charge in [-0.1, -0.05) is 31.2 Å². The van der Waals surface area contributed by atoms with Crippen molar-refractivity contribution in [3.63, 3.8) is 0 Å². The zero-order valence-electron chi connectivity index (χ0n) is 12.7. The average molecular weight is 260 g/mol. The lowest BCUT2D eigenvalue weighted by atomic mass is 9.86. The Hall–Kier alpha value is -0.860. The summed E-state index contributed by atoms with van der Waals surface area (Å²) in [6.45, 7) is 4.43. The van der Waals surface area contributed by atoms with E-state index in [4.69, 9.17) is 0 Å². The lowest BCUT2D eigenvalue weighted by Crippen LogP contribution is -2.34. The van der Waals surface area contributed by atoms with Crippen LogP contribution in [0.3, 0.4) is 0 Å². The summed E-state index contributed by atoms with van der Waals surface area (Å²) < 4.78 is 0. The minimum atomic E-state index is 0.777. The summed E-state index contributed by atoms with van der Waals surface area (Å²) in [7, 11) is 4.31. The molecule has 1 aromatic carbocycles. The number of rotatable bonds is 5. The van der Waals surface area contributed by atoms with Crippen LogP contribution in [0.1, 0.15) is 43.7 Å². The summed E-state index contributed by atoms with van der Waals surface area (Å²) in [4.78, 5) is 2.56. The number of nitrogens with one attached hydrogen (secondary N) is 1. The number of hydrogen-bond acceptors (Lipinski definition) is 2. The Kier molecular flexibility index (Phi) is 5.41. The van der Waals surface area contributed by atoms with Crippen LogP contribution in [0.4, 0.5) is 0 Å². The first-order valence-corrected chi connectivity index (χ1v) is 7.62. The molecule has 1 N–H and O–H groups in total. The summed E-state index contributed by atoms with van der Waals surface area (Å²) in [6, 6.07) is 9.58. The number of hydrogen-bond donors (Lipinski definition) is 1. The van der Waals surface area contributed by atoms with Crippen molar-refractivity contribution in [3.05, 3.63) is 35.4 Å². The lowest BCUT2D eigenvalue weighted by molar-refractivity contribution is 0.163. The molecule has 1 fully saturated rings. The van der Waals surface area contributed by atoms with Gasteiger partial charge in [0.15, 0.2) is 0 Å². The molecule has 0 saturated heterocycles. The molecule has 1 aliphatic carbocycles. The highest BCUT2D eigenvalue weighted by atomic mass is 15.1. The van der Waals surface area contributed by atoms with Gasteiger partial charge in [-0.3, -0.25) is 4.90 Å². The van der Waals surface area contributed by atoms with Gasteiger partial charge in [0.2, 0.25) is 0 Å². The first kappa shape index (κ1) is 14.5. The molecule has 0 aromatic heterocycles. The van der Waals surface area contributed by atoms with E-state index in [2.05, 4.69) is 48.5 Å². The minimum Gasteiger partial charge on any atom is -0.316 e. The van der Waals surface area contributed by atoms with Crippen molar-refractivity contribution in [2.24, 2.45) is 5.92 Å². The van der Waals surface area contributed by atoms with Crippen LogP contribution < -0.4 is 5.32 Å². The molecule has 0 bridgehead atoms. The zero-order chi connectivity index (χ0) is 13.7. The molecular weight excluding hydrogens is 232 g/mol. The van der Waals surface area contributed by atoms with E-state index in [1.54, 1.807) is 0 Å². The molecule has 0 unspecified atom stereocenters. The van der Waals surface area contributed by atoms with Crippen molar-refractivity contribution in [1.29, 1.82) is 0 Å². The van der Waals surface area contributed by atoms with E-state index in [0.717, 1.165) is 25.0 Å². The van der Waals surface area contributed by atoms with Gasteiger partial charge in [-0.25, -0.2) is 0 Å². The quantitative estimate of drug-likeness (QED) is 0.872. The number of nitrogens with zero attached hydrogens (tertiary/aromatic N) is 1. The topological polar surface area (TPSA) is 15.3 Å². The van der Waals surface area contributed by atoms with Crippen molar-refractivity contribution < 1.29 is 0 Å². The third-order valence-corrected chi connectivity index (χ3v) is 4.51.